The lowest BCUT2D eigenvalue weighted by Crippen LogP contribution is -2.42. The van der Waals surface area contributed by atoms with Crippen molar-refractivity contribution in [2.45, 2.75) is 39.6 Å². The molecule has 2 aromatic heterocycles. The van der Waals surface area contributed by atoms with Gasteiger partial charge in [0.25, 0.3) is 0 Å². The summed E-state index contributed by atoms with van der Waals surface area (Å²) < 4.78 is 3.09. The highest BCUT2D eigenvalue weighted by Gasteiger charge is 2.24. The molecular weight excluding hydrogens is 326 g/mol. The number of hydrogen-bond acceptors (Lipinski definition) is 6. The largest absolute Gasteiger partial charge is 0.393 e. The number of carbonyl (C=O) groups is 1. The lowest BCUT2D eigenvalue weighted by atomic mass is 10.2. The molecule has 9 heteroatoms. The summed E-state index contributed by atoms with van der Waals surface area (Å²) in [6, 6.07) is 3.45. The molecule has 9 nitrogen and oxygen atoms in total. The number of carbonyl (C=O) groups excluding carboxylic acids is 1. The molecule has 1 atom stereocenters. The number of aliphatic hydroxyl groups excluding tert-OH is 2. The molecule has 3 rings (SSSR count). The molecule has 2 aromatic rings. The standard InChI is InChI=1S/C16H21N5O4/c1-10-5-11(2)20(16(25)17-10)8-15(24)19-3-4-21-12(7-19)6-13(18-21)14(23)9-22/h5-6,14,22-23H,3-4,7-9H2,1-2H3. The first kappa shape index (κ1) is 17.3. The number of aliphatic hydroxyl groups is 2. The minimum Gasteiger partial charge on any atom is -0.393 e. The Hall–Kier alpha value is -2.52. The van der Waals surface area contributed by atoms with Crippen molar-refractivity contribution >= 4 is 5.91 Å². The van der Waals surface area contributed by atoms with Crippen molar-refractivity contribution in [3.8, 4) is 0 Å². The number of aromatic nitrogens is 4. The maximum atomic E-state index is 12.6. The number of rotatable bonds is 4. The van der Waals surface area contributed by atoms with Crippen LogP contribution in [0.2, 0.25) is 0 Å². The highest BCUT2D eigenvalue weighted by atomic mass is 16.3. The van der Waals surface area contributed by atoms with Gasteiger partial charge in [0.1, 0.15) is 12.6 Å². The average molecular weight is 347 g/mol. The van der Waals surface area contributed by atoms with E-state index in [1.807, 2.05) is 0 Å². The van der Waals surface area contributed by atoms with E-state index in [1.165, 1.54) is 4.57 Å². The topological polar surface area (TPSA) is 113 Å². The Bertz CT molecular complexity index is 857. The van der Waals surface area contributed by atoms with Gasteiger partial charge in [-0.05, 0) is 26.0 Å². The van der Waals surface area contributed by atoms with E-state index < -0.39 is 18.4 Å². The Balaban J connectivity index is 1.75. The van der Waals surface area contributed by atoms with Crippen molar-refractivity contribution < 1.29 is 15.0 Å². The van der Waals surface area contributed by atoms with Gasteiger partial charge in [-0.15, -0.1) is 0 Å². The summed E-state index contributed by atoms with van der Waals surface area (Å²) in [6.45, 7) is 4.37. The lowest BCUT2D eigenvalue weighted by Gasteiger charge is -2.28. The Morgan fingerprint density at radius 3 is 2.76 bits per heavy atom. The Kier molecular flexibility index (Phi) is 4.69. The number of fused-ring (bicyclic) bond motifs is 1. The third-order valence-electron chi connectivity index (χ3n) is 4.32. The van der Waals surface area contributed by atoms with E-state index in [2.05, 4.69) is 10.1 Å². The summed E-state index contributed by atoms with van der Waals surface area (Å²) in [4.78, 5) is 30.1. The average Bonchev–Trinajstić information content (AvgIpc) is 3.00. The van der Waals surface area contributed by atoms with Crippen molar-refractivity contribution in [3.63, 3.8) is 0 Å². The van der Waals surface area contributed by atoms with Crippen molar-refractivity contribution in [3.05, 3.63) is 45.4 Å². The van der Waals surface area contributed by atoms with Crippen LogP contribution in [0.3, 0.4) is 0 Å². The molecule has 3 heterocycles. The van der Waals surface area contributed by atoms with Crippen LogP contribution >= 0.6 is 0 Å². The Morgan fingerprint density at radius 1 is 1.32 bits per heavy atom. The van der Waals surface area contributed by atoms with Gasteiger partial charge in [-0.2, -0.15) is 10.1 Å². The summed E-state index contributed by atoms with van der Waals surface area (Å²) in [5, 5.41) is 22.9. The van der Waals surface area contributed by atoms with Crippen LogP contribution in [0.15, 0.2) is 16.9 Å². The molecule has 2 N–H and O–H groups in total. The molecule has 1 unspecified atom stereocenters. The fraction of sp³-hybridized carbons (Fsp3) is 0.500. The molecule has 134 valence electrons. The molecule has 0 saturated heterocycles. The van der Waals surface area contributed by atoms with Gasteiger partial charge in [-0.3, -0.25) is 14.0 Å². The second-order valence-electron chi connectivity index (χ2n) is 6.20. The van der Waals surface area contributed by atoms with Crippen molar-refractivity contribution in [2.75, 3.05) is 13.2 Å². The fourth-order valence-corrected chi connectivity index (χ4v) is 2.96. The van der Waals surface area contributed by atoms with Gasteiger partial charge in [0.05, 0.1) is 31.1 Å². The molecule has 1 aliphatic rings. The minimum atomic E-state index is -1.03. The van der Waals surface area contributed by atoms with Gasteiger partial charge < -0.3 is 15.1 Å². The third-order valence-corrected chi connectivity index (χ3v) is 4.32. The maximum Gasteiger partial charge on any atom is 0.348 e. The summed E-state index contributed by atoms with van der Waals surface area (Å²) in [5.74, 6) is -0.174. The monoisotopic (exact) mass is 347 g/mol. The molecule has 25 heavy (non-hydrogen) atoms. The quantitative estimate of drug-likeness (QED) is 0.743. The van der Waals surface area contributed by atoms with E-state index in [0.29, 0.717) is 36.7 Å². The van der Waals surface area contributed by atoms with Crippen LogP contribution in [0, 0.1) is 13.8 Å². The minimum absolute atomic E-state index is 0.0573. The molecule has 0 bridgehead atoms. The molecule has 0 fully saturated rings. The lowest BCUT2D eigenvalue weighted by molar-refractivity contribution is -0.133. The van der Waals surface area contributed by atoms with E-state index in [4.69, 9.17) is 5.11 Å². The molecule has 0 radical (unpaired) electrons. The Morgan fingerprint density at radius 2 is 2.08 bits per heavy atom. The van der Waals surface area contributed by atoms with Crippen molar-refractivity contribution in [1.82, 2.24) is 24.2 Å². The molecule has 1 aliphatic heterocycles. The van der Waals surface area contributed by atoms with Gasteiger partial charge in [-0.25, -0.2) is 4.79 Å². The number of hydrogen-bond donors (Lipinski definition) is 2. The van der Waals surface area contributed by atoms with Gasteiger partial charge in [0, 0.05) is 17.9 Å². The fourth-order valence-electron chi connectivity index (χ4n) is 2.96. The number of aryl methyl sites for hydroxylation is 2. The number of nitrogens with zero attached hydrogens (tertiary/aromatic N) is 5. The molecule has 0 aliphatic carbocycles. The summed E-state index contributed by atoms with van der Waals surface area (Å²) in [7, 11) is 0. The van der Waals surface area contributed by atoms with Crippen molar-refractivity contribution in [1.29, 1.82) is 0 Å². The van der Waals surface area contributed by atoms with Crippen LogP contribution in [0.4, 0.5) is 0 Å². The van der Waals surface area contributed by atoms with Crippen LogP contribution in [-0.4, -0.2) is 53.5 Å². The zero-order valence-corrected chi connectivity index (χ0v) is 14.2. The zero-order chi connectivity index (χ0) is 18.1. The first-order valence-electron chi connectivity index (χ1n) is 8.07. The molecule has 0 aromatic carbocycles. The normalized spacial score (nSPS) is 15.1. The summed E-state index contributed by atoms with van der Waals surface area (Å²) in [5.41, 5.74) is 2.07. The highest BCUT2D eigenvalue weighted by Crippen LogP contribution is 2.18. The number of amides is 1. The van der Waals surface area contributed by atoms with Crippen LogP contribution in [0.25, 0.3) is 0 Å². The molecule has 1 amide bonds. The summed E-state index contributed by atoms with van der Waals surface area (Å²) >= 11 is 0. The molecule has 0 spiro atoms. The van der Waals surface area contributed by atoms with Crippen LogP contribution in [0.1, 0.15) is 28.9 Å². The van der Waals surface area contributed by atoms with Gasteiger partial charge >= 0.3 is 5.69 Å². The maximum absolute atomic E-state index is 12.6. The van der Waals surface area contributed by atoms with Crippen LogP contribution < -0.4 is 5.69 Å². The van der Waals surface area contributed by atoms with Crippen LogP contribution in [-0.2, 0) is 24.4 Å². The Labute approximate surface area is 144 Å². The van der Waals surface area contributed by atoms with Gasteiger partial charge in [-0.1, -0.05) is 0 Å². The summed E-state index contributed by atoms with van der Waals surface area (Å²) in [6.07, 6.45) is -1.03. The van der Waals surface area contributed by atoms with E-state index in [1.54, 1.807) is 35.6 Å². The molecule has 0 saturated carbocycles. The van der Waals surface area contributed by atoms with Crippen LogP contribution in [0.5, 0.6) is 0 Å². The second kappa shape index (κ2) is 6.77. The van der Waals surface area contributed by atoms with E-state index in [9.17, 15) is 14.7 Å². The molecular formula is C16H21N5O4. The van der Waals surface area contributed by atoms with Crippen molar-refractivity contribution in [2.24, 2.45) is 0 Å². The van der Waals surface area contributed by atoms with E-state index in [-0.39, 0.29) is 12.5 Å². The predicted octanol–water partition coefficient (Wildman–Crippen LogP) is -0.875. The zero-order valence-electron chi connectivity index (χ0n) is 14.2. The predicted molar refractivity (Wildman–Crippen MR) is 87.7 cm³/mol. The second-order valence-corrected chi connectivity index (χ2v) is 6.20. The SMILES string of the molecule is Cc1cc(C)n(CC(=O)N2CCn3nc(C(O)CO)cc3C2)c(=O)n1. The van der Waals surface area contributed by atoms with Gasteiger partial charge in [0.2, 0.25) is 5.91 Å². The smallest absolute Gasteiger partial charge is 0.348 e. The van der Waals surface area contributed by atoms with Gasteiger partial charge in [0.15, 0.2) is 0 Å². The van der Waals surface area contributed by atoms with E-state index in [0.717, 1.165) is 5.69 Å². The first-order valence-corrected chi connectivity index (χ1v) is 8.07. The highest BCUT2D eigenvalue weighted by molar-refractivity contribution is 5.76. The first-order chi connectivity index (χ1) is 11.9. The van der Waals surface area contributed by atoms with E-state index >= 15 is 0 Å². The third kappa shape index (κ3) is 3.47.